The number of nitrogens with zero attached hydrogens (tertiary/aromatic N) is 1. The zero-order chi connectivity index (χ0) is 19.5. The first-order valence-electron chi connectivity index (χ1n) is 8.42. The second-order valence-electron chi connectivity index (χ2n) is 7.32. The largest absolute Gasteiger partial charge is 0.444 e. The molecule has 1 aromatic carbocycles. The van der Waals surface area contributed by atoms with Crippen LogP contribution in [0, 0.1) is 0 Å². The number of halogens is 3. The minimum atomic E-state index is -4.51. The van der Waals surface area contributed by atoms with Crippen molar-refractivity contribution < 1.29 is 27.5 Å². The van der Waals surface area contributed by atoms with E-state index >= 15 is 0 Å². The van der Waals surface area contributed by atoms with Crippen molar-refractivity contribution in [3.8, 4) is 0 Å². The molecule has 1 atom stereocenters. The number of ether oxygens (including phenoxy) is 1. The summed E-state index contributed by atoms with van der Waals surface area (Å²) in [6.45, 7) is 6.08. The number of benzene rings is 1. The molecule has 1 fully saturated rings. The van der Waals surface area contributed by atoms with Crippen LogP contribution in [0.2, 0.25) is 0 Å². The molecule has 2 amide bonds. The molecule has 1 aromatic rings. The van der Waals surface area contributed by atoms with Gasteiger partial charge in [-0.15, -0.1) is 0 Å². The number of piperidine rings is 1. The van der Waals surface area contributed by atoms with Crippen molar-refractivity contribution in [1.82, 2.24) is 10.2 Å². The SMILES string of the molecule is CC(C)(C)OC(=O)N1CCCC(NC(=O)c2cccc(C(F)(F)F)c2)C1. The van der Waals surface area contributed by atoms with Gasteiger partial charge in [-0.2, -0.15) is 13.2 Å². The van der Waals surface area contributed by atoms with E-state index in [1.54, 1.807) is 20.8 Å². The number of amides is 2. The molecule has 0 saturated carbocycles. The van der Waals surface area contributed by atoms with Gasteiger partial charge in [0.2, 0.25) is 0 Å². The van der Waals surface area contributed by atoms with E-state index in [4.69, 9.17) is 4.74 Å². The first kappa shape index (κ1) is 20.1. The molecule has 0 aliphatic carbocycles. The van der Waals surface area contributed by atoms with Crippen molar-refractivity contribution >= 4 is 12.0 Å². The van der Waals surface area contributed by atoms with Crippen LogP contribution in [0.5, 0.6) is 0 Å². The molecule has 2 rings (SSSR count). The maximum absolute atomic E-state index is 12.8. The van der Waals surface area contributed by atoms with Crippen LogP contribution in [0.4, 0.5) is 18.0 Å². The van der Waals surface area contributed by atoms with Crippen molar-refractivity contribution in [3.63, 3.8) is 0 Å². The topological polar surface area (TPSA) is 58.6 Å². The Hall–Kier alpha value is -2.25. The Morgan fingerprint density at radius 2 is 1.92 bits per heavy atom. The highest BCUT2D eigenvalue weighted by atomic mass is 19.4. The molecule has 26 heavy (non-hydrogen) atoms. The van der Waals surface area contributed by atoms with Crippen LogP contribution in [0.15, 0.2) is 24.3 Å². The minimum Gasteiger partial charge on any atom is -0.444 e. The van der Waals surface area contributed by atoms with Crippen LogP contribution in [0.1, 0.15) is 49.5 Å². The fraction of sp³-hybridized carbons (Fsp3) is 0.556. The molecule has 0 bridgehead atoms. The summed E-state index contributed by atoms with van der Waals surface area (Å²) >= 11 is 0. The number of rotatable bonds is 2. The van der Waals surface area contributed by atoms with Crippen molar-refractivity contribution in [2.75, 3.05) is 13.1 Å². The lowest BCUT2D eigenvalue weighted by molar-refractivity contribution is -0.137. The van der Waals surface area contributed by atoms with Crippen LogP contribution < -0.4 is 5.32 Å². The highest BCUT2D eigenvalue weighted by Gasteiger charge is 2.32. The third kappa shape index (κ3) is 5.64. The average Bonchev–Trinajstić information content (AvgIpc) is 2.53. The fourth-order valence-electron chi connectivity index (χ4n) is 2.69. The summed E-state index contributed by atoms with van der Waals surface area (Å²) in [4.78, 5) is 25.9. The van der Waals surface area contributed by atoms with E-state index in [1.807, 2.05) is 0 Å². The Kier molecular flexibility index (Phi) is 5.83. The summed E-state index contributed by atoms with van der Waals surface area (Å²) in [5.74, 6) is -0.591. The van der Waals surface area contributed by atoms with Gasteiger partial charge in [-0.3, -0.25) is 4.79 Å². The molecule has 0 spiro atoms. The van der Waals surface area contributed by atoms with E-state index < -0.39 is 29.3 Å². The molecule has 1 unspecified atom stereocenters. The standard InChI is InChI=1S/C18H23F3N2O3/c1-17(2,3)26-16(25)23-9-5-8-14(11-23)22-15(24)12-6-4-7-13(10-12)18(19,20)21/h4,6-7,10,14H,5,8-9,11H2,1-3H3,(H,22,24). The molecule has 8 heteroatoms. The van der Waals surface area contributed by atoms with Gasteiger partial charge in [0.05, 0.1) is 5.56 Å². The average molecular weight is 372 g/mol. The van der Waals surface area contributed by atoms with Crippen molar-refractivity contribution in [1.29, 1.82) is 0 Å². The second-order valence-corrected chi connectivity index (χ2v) is 7.32. The monoisotopic (exact) mass is 372 g/mol. The molecular weight excluding hydrogens is 349 g/mol. The minimum absolute atomic E-state index is 0.0609. The summed E-state index contributed by atoms with van der Waals surface area (Å²) in [5.41, 5.74) is -1.55. The number of hydrogen-bond donors (Lipinski definition) is 1. The van der Waals surface area contributed by atoms with Crippen LogP contribution >= 0.6 is 0 Å². The Labute approximate surface area is 150 Å². The highest BCUT2D eigenvalue weighted by Crippen LogP contribution is 2.29. The number of carbonyl (C=O) groups excluding carboxylic acids is 2. The third-order valence-corrected chi connectivity index (χ3v) is 3.86. The number of nitrogens with one attached hydrogen (secondary N) is 1. The Morgan fingerprint density at radius 1 is 1.23 bits per heavy atom. The smallest absolute Gasteiger partial charge is 0.416 e. The van der Waals surface area contributed by atoms with Gasteiger partial charge in [-0.25, -0.2) is 4.79 Å². The van der Waals surface area contributed by atoms with E-state index in [2.05, 4.69) is 5.32 Å². The molecular formula is C18H23F3N2O3. The number of likely N-dealkylation sites (tertiary alicyclic amines) is 1. The lowest BCUT2D eigenvalue weighted by atomic mass is 10.0. The number of hydrogen-bond acceptors (Lipinski definition) is 3. The zero-order valence-corrected chi connectivity index (χ0v) is 15.0. The summed E-state index contributed by atoms with van der Waals surface area (Å²) in [5, 5.41) is 2.71. The lowest BCUT2D eigenvalue weighted by Gasteiger charge is -2.34. The van der Waals surface area contributed by atoms with Gasteiger partial charge in [0.15, 0.2) is 0 Å². The van der Waals surface area contributed by atoms with Gasteiger partial charge in [-0.05, 0) is 51.8 Å². The lowest BCUT2D eigenvalue weighted by Crippen LogP contribution is -2.50. The Balaban J connectivity index is 2.00. The summed E-state index contributed by atoms with van der Waals surface area (Å²) in [7, 11) is 0. The van der Waals surface area contributed by atoms with Gasteiger partial charge in [-0.1, -0.05) is 6.07 Å². The van der Waals surface area contributed by atoms with Gasteiger partial charge >= 0.3 is 12.3 Å². The van der Waals surface area contributed by atoms with Crippen LogP contribution in [-0.2, 0) is 10.9 Å². The molecule has 1 aliphatic heterocycles. The second kappa shape index (κ2) is 7.55. The van der Waals surface area contributed by atoms with E-state index in [-0.39, 0.29) is 18.2 Å². The van der Waals surface area contributed by atoms with Gasteiger partial charge in [0.1, 0.15) is 5.60 Å². The first-order valence-corrected chi connectivity index (χ1v) is 8.42. The zero-order valence-electron chi connectivity index (χ0n) is 15.0. The molecule has 1 heterocycles. The first-order chi connectivity index (χ1) is 12.0. The quantitative estimate of drug-likeness (QED) is 0.858. The van der Waals surface area contributed by atoms with Crippen molar-refractivity contribution in [2.45, 2.75) is 51.4 Å². The van der Waals surface area contributed by atoms with E-state index in [1.165, 1.54) is 17.0 Å². The number of carbonyl (C=O) groups is 2. The molecule has 5 nitrogen and oxygen atoms in total. The summed E-state index contributed by atoms with van der Waals surface area (Å²) < 4.78 is 43.6. The Bertz CT molecular complexity index is 668. The van der Waals surface area contributed by atoms with E-state index in [9.17, 15) is 22.8 Å². The Morgan fingerprint density at radius 3 is 2.54 bits per heavy atom. The molecule has 144 valence electrons. The fourth-order valence-corrected chi connectivity index (χ4v) is 2.69. The molecule has 1 saturated heterocycles. The van der Waals surface area contributed by atoms with Crippen molar-refractivity contribution in [3.05, 3.63) is 35.4 Å². The molecule has 0 aromatic heterocycles. The highest BCUT2D eigenvalue weighted by molar-refractivity contribution is 5.94. The maximum atomic E-state index is 12.8. The van der Waals surface area contributed by atoms with Gasteiger partial charge in [0, 0.05) is 24.7 Å². The molecule has 1 aliphatic rings. The molecule has 0 radical (unpaired) electrons. The van der Waals surface area contributed by atoms with Crippen LogP contribution in [0.25, 0.3) is 0 Å². The normalized spacial score (nSPS) is 18.4. The van der Waals surface area contributed by atoms with Crippen molar-refractivity contribution in [2.24, 2.45) is 0 Å². The maximum Gasteiger partial charge on any atom is 0.416 e. The number of alkyl halides is 3. The predicted octanol–water partition coefficient (Wildman–Crippen LogP) is 3.83. The predicted molar refractivity (Wildman–Crippen MR) is 89.7 cm³/mol. The van der Waals surface area contributed by atoms with Gasteiger partial charge in [0.25, 0.3) is 5.91 Å². The summed E-state index contributed by atoms with van der Waals surface area (Å²) in [6.07, 6.45) is -3.65. The van der Waals surface area contributed by atoms with E-state index in [0.29, 0.717) is 19.4 Å². The summed E-state index contributed by atoms with van der Waals surface area (Å²) in [6, 6.07) is 3.94. The van der Waals surface area contributed by atoms with Gasteiger partial charge < -0.3 is 15.0 Å². The van der Waals surface area contributed by atoms with Crippen LogP contribution in [0.3, 0.4) is 0 Å². The molecule has 1 N–H and O–H groups in total. The van der Waals surface area contributed by atoms with Crippen LogP contribution in [-0.4, -0.2) is 41.6 Å². The van der Waals surface area contributed by atoms with E-state index in [0.717, 1.165) is 12.1 Å². The third-order valence-electron chi connectivity index (χ3n) is 3.86.